The highest BCUT2D eigenvalue weighted by molar-refractivity contribution is 6.32. The van der Waals surface area contributed by atoms with Gasteiger partial charge in [0.25, 0.3) is 5.69 Å². The van der Waals surface area contributed by atoms with Crippen molar-refractivity contribution in [3.05, 3.63) is 112 Å². The summed E-state index contributed by atoms with van der Waals surface area (Å²) in [5.74, 6) is -0.942. The third kappa shape index (κ3) is 3.14. The molecule has 31 heavy (non-hydrogen) atoms. The van der Waals surface area contributed by atoms with Crippen molar-refractivity contribution in [2.75, 3.05) is 0 Å². The van der Waals surface area contributed by atoms with E-state index in [1.54, 1.807) is 12.1 Å². The minimum absolute atomic E-state index is 0.0551. The van der Waals surface area contributed by atoms with Crippen molar-refractivity contribution in [3.63, 3.8) is 0 Å². The summed E-state index contributed by atoms with van der Waals surface area (Å²) in [6.45, 7) is 0. The molecule has 1 aliphatic carbocycles. The quantitative estimate of drug-likeness (QED) is 0.355. The van der Waals surface area contributed by atoms with Gasteiger partial charge in [-0.05, 0) is 22.4 Å². The number of phenols is 1. The Balaban J connectivity index is 1.72. The van der Waals surface area contributed by atoms with Crippen molar-refractivity contribution in [2.45, 2.75) is 5.92 Å². The molecule has 0 unspecified atom stereocenters. The maximum Gasteiger partial charge on any atom is 0.271 e. The minimum Gasteiger partial charge on any atom is -0.506 e. The number of nitro benzene ring substituents is 1. The Morgan fingerprint density at radius 1 is 0.839 bits per heavy atom. The summed E-state index contributed by atoms with van der Waals surface area (Å²) in [5.41, 5.74) is 2.33. The average molecular weight is 408 g/mol. The molecule has 6 nitrogen and oxygen atoms in total. The number of non-ortho nitro benzene ring substituents is 1. The third-order valence-electron chi connectivity index (χ3n) is 5.52. The summed E-state index contributed by atoms with van der Waals surface area (Å²) in [7, 11) is 0. The SMILES string of the molecule is O=C1c2ccccc2C(=Nc2cc([N+](=O)[O-])ccc2O)[C@@H]1c1ccc2ccccc2c1. The standard InChI is InChI=1S/C25H16N2O4/c28-22-12-11-18(27(30)31)14-21(22)26-24-19-7-3-4-8-20(19)25(29)23(24)17-10-9-15-5-1-2-6-16(15)13-17/h1-14,23,28H/t23-/m0/s1. The Morgan fingerprint density at radius 2 is 1.55 bits per heavy atom. The van der Waals surface area contributed by atoms with Crippen LogP contribution in [0.25, 0.3) is 10.8 Å². The summed E-state index contributed by atoms with van der Waals surface area (Å²) < 4.78 is 0. The van der Waals surface area contributed by atoms with E-state index in [9.17, 15) is 20.0 Å². The molecule has 0 aliphatic heterocycles. The number of phenolic OH excluding ortho intramolecular Hbond substituents is 1. The summed E-state index contributed by atoms with van der Waals surface area (Å²) >= 11 is 0. The van der Waals surface area contributed by atoms with Crippen molar-refractivity contribution in [3.8, 4) is 5.75 Å². The molecule has 0 bridgehead atoms. The predicted molar refractivity (Wildman–Crippen MR) is 118 cm³/mol. The van der Waals surface area contributed by atoms with Gasteiger partial charge in [0.1, 0.15) is 11.4 Å². The second kappa shape index (κ2) is 7.18. The molecule has 1 atom stereocenters. The summed E-state index contributed by atoms with van der Waals surface area (Å²) in [5, 5.41) is 23.5. The highest BCUT2D eigenvalue weighted by Gasteiger charge is 2.37. The van der Waals surface area contributed by atoms with Gasteiger partial charge in [0.15, 0.2) is 5.78 Å². The number of carbonyl (C=O) groups excluding carboxylic acids is 1. The zero-order valence-corrected chi connectivity index (χ0v) is 16.2. The van der Waals surface area contributed by atoms with Crippen LogP contribution >= 0.6 is 0 Å². The molecular formula is C25H16N2O4. The summed E-state index contributed by atoms with van der Waals surface area (Å²) in [6.07, 6.45) is 0. The van der Waals surface area contributed by atoms with Crippen LogP contribution in [-0.2, 0) is 0 Å². The number of carbonyl (C=O) groups is 1. The predicted octanol–water partition coefficient (Wildman–Crippen LogP) is 5.55. The van der Waals surface area contributed by atoms with Gasteiger partial charge < -0.3 is 5.11 Å². The molecule has 150 valence electrons. The molecule has 0 fully saturated rings. The normalized spacial score (nSPS) is 16.6. The lowest BCUT2D eigenvalue weighted by Gasteiger charge is -2.13. The number of hydrogen-bond acceptors (Lipinski definition) is 5. The Morgan fingerprint density at radius 3 is 2.32 bits per heavy atom. The van der Waals surface area contributed by atoms with E-state index in [1.807, 2.05) is 54.6 Å². The largest absolute Gasteiger partial charge is 0.506 e. The molecule has 0 saturated heterocycles. The molecule has 6 heteroatoms. The van der Waals surface area contributed by atoms with Gasteiger partial charge in [-0.1, -0.05) is 66.7 Å². The lowest BCUT2D eigenvalue weighted by atomic mass is 9.91. The van der Waals surface area contributed by atoms with Gasteiger partial charge in [0, 0.05) is 23.3 Å². The molecule has 0 heterocycles. The topological polar surface area (TPSA) is 92.8 Å². The van der Waals surface area contributed by atoms with E-state index in [4.69, 9.17) is 0 Å². The van der Waals surface area contributed by atoms with Crippen LogP contribution in [0.4, 0.5) is 11.4 Å². The number of aliphatic imine (C=N–C) groups is 1. The van der Waals surface area contributed by atoms with Crippen LogP contribution in [0.5, 0.6) is 5.75 Å². The van der Waals surface area contributed by atoms with Crippen molar-refractivity contribution >= 4 is 33.6 Å². The second-order valence-corrected chi connectivity index (χ2v) is 7.38. The van der Waals surface area contributed by atoms with E-state index in [-0.39, 0.29) is 22.9 Å². The number of Topliss-reactive ketones (excluding diaryl/α,β-unsaturated/α-hetero) is 1. The molecule has 0 spiro atoms. The van der Waals surface area contributed by atoms with E-state index in [2.05, 4.69) is 4.99 Å². The number of aromatic hydroxyl groups is 1. The van der Waals surface area contributed by atoms with Gasteiger partial charge in [-0.25, -0.2) is 4.99 Å². The van der Waals surface area contributed by atoms with Crippen molar-refractivity contribution < 1.29 is 14.8 Å². The Hall–Kier alpha value is -4.32. The molecule has 4 aromatic carbocycles. The van der Waals surface area contributed by atoms with Crippen LogP contribution in [0.15, 0.2) is 89.9 Å². The maximum atomic E-state index is 13.3. The Kier molecular flexibility index (Phi) is 4.33. The molecule has 4 aromatic rings. The van der Waals surface area contributed by atoms with Crippen LogP contribution in [0.1, 0.15) is 27.4 Å². The van der Waals surface area contributed by atoms with Crippen LogP contribution in [-0.4, -0.2) is 21.5 Å². The molecule has 0 radical (unpaired) electrons. The monoisotopic (exact) mass is 408 g/mol. The van der Waals surface area contributed by atoms with E-state index in [0.29, 0.717) is 16.8 Å². The van der Waals surface area contributed by atoms with Gasteiger partial charge >= 0.3 is 0 Å². The lowest BCUT2D eigenvalue weighted by molar-refractivity contribution is -0.384. The molecule has 5 rings (SSSR count). The maximum absolute atomic E-state index is 13.3. The third-order valence-corrected chi connectivity index (χ3v) is 5.52. The molecule has 0 amide bonds. The van der Waals surface area contributed by atoms with E-state index < -0.39 is 10.8 Å². The van der Waals surface area contributed by atoms with Gasteiger partial charge in [-0.2, -0.15) is 0 Å². The van der Waals surface area contributed by atoms with Crippen molar-refractivity contribution in [1.82, 2.24) is 0 Å². The van der Waals surface area contributed by atoms with Crippen molar-refractivity contribution in [1.29, 1.82) is 0 Å². The second-order valence-electron chi connectivity index (χ2n) is 7.38. The number of fused-ring (bicyclic) bond motifs is 2. The first-order chi connectivity index (χ1) is 15.0. The number of ketones is 1. The Labute approximate surface area is 177 Å². The number of nitrogens with zero attached hydrogens (tertiary/aromatic N) is 2. The minimum atomic E-state index is -0.666. The molecule has 1 aliphatic rings. The van der Waals surface area contributed by atoms with Gasteiger partial charge in [0.05, 0.1) is 16.6 Å². The van der Waals surface area contributed by atoms with Crippen molar-refractivity contribution in [2.24, 2.45) is 4.99 Å². The lowest BCUT2D eigenvalue weighted by Crippen LogP contribution is -2.13. The zero-order valence-electron chi connectivity index (χ0n) is 16.2. The van der Waals surface area contributed by atoms with E-state index in [0.717, 1.165) is 16.3 Å². The number of hydrogen-bond donors (Lipinski definition) is 1. The molecule has 1 N–H and O–H groups in total. The fourth-order valence-corrected chi connectivity index (χ4v) is 4.02. The fraction of sp³-hybridized carbons (Fsp3) is 0.0400. The molecule has 0 saturated carbocycles. The highest BCUT2D eigenvalue weighted by atomic mass is 16.6. The van der Waals surface area contributed by atoms with E-state index in [1.165, 1.54) is 18.2 Å². The van der Waals surface area contributed by atoms with Gasteiger partial charge in [0.2, 0.25) is 0 Å². The fourth-order valence-electron chi connectivity index (χ4n) is 4.02. The Bertz CT molecular complexity index is 1410. The first-order valence-electron chi connectivity index (χ1n) is 9.71. The zero-order chi connectivity index (χ0) is 21.5. The molecular weight excluding hydrogens is 392 g/mol. The van der Waals surface area contributed by atoms with Crippen LogP contribution in [0, 0.1) is 10.1 Å². The number of rotatable bonds is 3. The first kappa shape index (κ1) is 18.7. The van der Waals surface area contributed by atoms with Crippen LogP contribution in [0.3, 0.4) is 0 Å². The summed E-state index contributed by atoms with van der Waals surface area (Å²) in [4.78, 5) is 28.6. The average Bonchev–Trinajstić information content (AvgIpc) is 3.06. The number of benzene rings is 4. The number of nitro groups is 1. The van der Waals surface area contributed by atoms with E-state index >= 15 is 0 Å². The van der Waals surface area contributed by atoms with Gasteiger partial charge in [-0.3, -0.25) is 14.9 Å². The summed E-state index contributed by atoms with van der Waals surface area (Å²) in [6, 6.07) is 24.5. The van der Waals surface area contributed by atoms with Crippen LogP contribution < -0.4 is 0 Å². The van der Waals surface area contributed by atoms with Crippen LogP contribution in [0.2, 0.25) is 0 Å². The molecule has 0 aromatic heterocycles. The first-order valence-corrected chi connectivity index (χ1v) is 9.71. The smallest absolute Gasteiger partial charge is 0.271 e. The highest BCUT2D eigenvalue weighted by Crippen LogP contribution is 2.39. The van der Waals surface area contributed by atoms with Gasteiger partial charge in [-0.15, -0.1) is 0 Å².